The van der Waals surface area contributed by atoms with Crippen LogP contribution in [0.4, 0.5) is 0 Å². The van der Waals surface area contributed by atoms with Crippen LogP contribution in [0.25, 0.3) is 22.2 Å². The van der Waals surface area contributed by atoms with Crippen LogP contribution >= 0.6 is 11.6 Å². The second-order valence-corrected chi connectivity index (χ2v) is 10.0. The van der Waals surface area contributed by atoms with Crippen molar-refractivity contribution in [2.45, 2.75) is 4.90 Å². The number of sulfone groups is 1. The summed E-state index contributed by atoms with van der Waals surface area (Å²) in [7, 11) is -1.66. The van der Waals surface area contributed by atoms with Crippen molar-refractivity contribution >= 4 is 44.1 Å². The molecule has 3 aromatic carbocycles. The van der Waals surface area contributed by atoms with Gasteiger partial charge in [-0.25, -0.2) is 13.2 Å². The Morgan fingerprint density at radius 1 is 0.970 bits per heavy atom. The number of halogens is 1. The highest BCUT2D eigenvalue weighted by Gasteiger charge is 2.24. The van der Waals surface area contributed by atoms with Gasteiger partial charge in [-0.3, -0.25) is 4.79 Å². The molecule has 0 saturated heterocycles. The Balaban J connectivity index is 1.68. The van der Waals surface area contributed by atoms with Crippen molar-refractivity contribution in [2.75, 3.05) is 12.9 Å². The number of carbonyl (C=O) groups is 2. The van der Waals surface area contributed by atoms with Gasteiger partial charge < -0.3 is 9.30 Å². The Morgan fingerprint density at radius 2 is 1.64 bits per heavy atom. The van der Waals surface area contributed by atoms with Gasteiger partial charge in [0.25, 0.3) is 0 Å². The molecule has 1 aromatic heterocycles. The van der Waals surface area contributed by atoms with Gasteiger partial charge in [-0.15, -0.1) is 0 Å². The number of hydrogen-bond donors (Lipinski definition) is 0. The summed E-state index contributed by atoms with van der Waals surface area (Å²) in [5, 5.41) is 0.784. The lowest BCUT2D eigenvalue weighted by molar-refractivity contribution is 0.0475. The average molecular weight is 482 g/mol. The van der Waals surface area contributed by atoms with Crippen LogP contribution in [0.5, 0.6) is 0 Å². The molecule has 168 valence electrons. The minimum atomic E-state index is -3.54. The lowest BCUT2D eigenvalue weighted by atomic mass is 10.0. The van der Waals surface area contributed by atoms with Crippen molar-refractivity contribution in [3.8, 4) is 11.3 Å². The van der Waals surface area contributed by atoms with E-state index < -0.39 is 22.4 Å². The molecule has 0 aliphatic heterocycles. The topological polar surface area (TPSA) is 82.4 Å². The Morgan fingerprint density at radius 3 is 2.33 bits per heavy atom. The fourth-order valence-corrected chi connectivity index (χ4v) is 4.62. The third-order valence-corrected chi connectivity index (χ3v) is 6.79. The van der Waals surface area contributed by atoms with Crippen LogP contribution in [0.1, 0.15) is 20.7 Å². The van der Waals surface area contributed by atoms with E-state index >= 15 is 0 Å². The van der Waals surface area contributed by atoms with E-state index in [1.807, 2.05) is 66.2 Å². The fourth-order valence-electron chi connectivity index (χ4n) is 3.78. The first-order chi connectivity index (χ1) is 15.7. The van der Waals surface area contributed by atoms with Crippen LogP contribution < -0.4 is 0 Å². The van der Waals surface area contributed by atoms with Gasteiger partial charge in [0.15, 0.2) is 16.4 Å². The molecule has 0 atom stereocenters. The maximum atomic E-state index is 13.3. The number of ether oxygens (including phenoxy) is 1. The number of fused-ring (bicyclic) bond motifs is 1. The summed E-state index contributed by atoms with van der Waals surface area (Å²) in [6.45, 7) is -0.522. The van der Waals surface area contributed by atoms with Crippen molar-refractivity contribution in [1.29, 1.82) is 0 Å². The number of rotatable bonds is 6. The molecule has 0 bridgehead atoms. The molecule has 6 nitrogen and oxygen atoms in total. The first-order valence-electron chi connectivity index (χ1n) is 10.0. The van der Waals surface area contributed by atoms with Crippen LogP contribution in [0, 0.1) is 0 Å². The number of aromatic nitrogens is 1. The molecule has 33 heavy (non-hydrogen) atoms. The van der Waals surface area contributed by atoms with Crippen molar-refractivity contribution in [3.63, 3.8) is 0 Å². The van der Waals surface area contributed by atoms with E-state index in [2.05, 4.69) is 0 Å². The van der Waals surface area contributed by atoms with Crippen molar-refractivity contribution < 1.29 is 22.7 Å². The summed E-state index contributed by atoms with van der Waals surface area (Å²) in [4.78, 5) is 25.9. The second-order valence-electron chi connectivity index (χ2n) is 7.58. The highest BCUT2D eigenvalue weighted by atomic mass is 35.5. The standard InChI is InChI=1S/C25H20ClNO5S/c1-27-21-11-7-6-10-18(21)23(24(27)16-8-4-3-5-9-16)22(28)15-32-25(29)19-14-17(33(2,30)31)12-13-20(19)26/h3-14H,15H2,1-2H3. The van der Waals surface area contributed by atoms with Gasteiger partial charge in [-0.2, -0.15) is 0 Å². The first-order valence-corrected chi connectivity index (χ1v) is 12.3. The molecule has 0 amide bonds. The molecule has 0 aliphatic rings. The highest BCUT2D eigenvalue weighted by Crippen LogP contribution is 2.33. The molecule has 4 aromatic rings. The lowest BCUT2D eigenvalue weighted by Crippen LogP contribution is -2.16. The number of esters is 1. The molecular weight excluding hydrogens is 462 g/mol. The van der Waals surface area contributed by atoms with Crippen molar-refractivity contribution in [1.82, 2.24) is 4.57 Å². The van der Waals surface area contributed by atoms with E-state index in [0.717, 1.165) is 34.5 Å². The summed E-state index contributed by atoms with van der Waals surface area (Å²) >= 11 is 6.08. The van der Waals surface area contributed by atoms with E-state index in [0.29, 0.717) is 5.56 Å². The number of carbonyl (C=O) groups excluding carboxylic acids is 2. The molecule has 0 N–H and O–H groups in total. The zero-order valence-electron chi connectivity index (χ0n) is 17.9. The largest absolute Gasteiger partial charge is 0.454 e. The smallest absolute Gasteiger partial charge is 0.340 e. The Kier molecular flexibility index (Phi) is 6.10. The third kappa shape index (κ3) is 4.42. The fraction of sp³-hybridized carbons (Fsp3) is 0.120. The molecule has 1 heterocycles. The molecule has 0 saturated carbocycles. The molecule has 0 spiro atoms. The van der Waals surface area contributed by atoms with Crippen molar-refractivity contribution in [3.05, 3.63) is 88.9 Å². The van der Waals surface area contributed by atoms with Crippen LogP contribution in [0.2, 0.25) is 5.02 Å². The monoisotopic (exact) mass is 481 g/mol. The normalized spacial score (nSPS) is 11.5. The molecule has 0 aliphatic carbocycles. The summed E-state index contributed by atoms with van der Waals surface area (Å²) in [5.74, 6) is -1.25. The quantitative estimate of drug-likeness (QED) is 0.287. The van der Waals surface area contributed by atoms with Crippen LogP contribution in [0.3, 0.4) is 0 Å². The van der Waals surface area contributed by atoms with Gasteiger partial charge in [-0.05, 0) is 29.8 Å². The Hall–Kier alpha value is -3.42. The first kappa shape index (κ1) is 22.8. The Bertz CT molecular complexity index is 1490. The molecule has 0 radical (unpaired) electrons. The zero-order chi connectivity index (χ0) is 23.8. The van der Waals surface area contributed by atoms with E-state index in [1.54, 1.807) is 0 Å². The van der Waals surface area contributed by atoms with E-state index in [9.17, 15) is 18.0 Å². The number of ketones is 1. The van der Waals surface area contributed by atoms with Gasteiger partial charge in [0.1, 0.15) is 0 Å². The van der Waals surface area contributed by atoms with Crippen LogP contribution in [0.15, 0.2) is 77.7 Å². The van der Waals surface area contributed by atoms with E-state index in [1.165, 1.54) is 12.1 Å². The number of Topliss-reactive ketones (excluding diaryl/α,β-unsaturated/α-hetero) is 1. The number of nitrogens with zero attached hydrogens (tertiary/aromatic N) is 1. The summed E-state index contributed by atoms with van der Waals surface area (Å²) < 4.78 is 30.8. The van der Waals surface area contributed by atoms with E-state index in [4.69, 9.17) is 16.3 Å². The maximum absolute atomic E-state index is 13.3. The lowest BCUT2D eigenvalue weighted by Gasteiger charge is -2.10. The SMILES string of the molecule is Cn1c(-c2ccccc2)c(C(=O)COC(=O)c2cc(S(C)(=O)=O)ccc2Cl)c2ccccc21. The zero-order valence-corrected chi connectivity index (χ0v) is 19.5. The predicted octanol–water partition coefficient (Wildman–Crippen LogP) is 4.94. The van der Waals surface area contributed by atoms with Crippen molar-refractivity contribution in [2.24, 2.45) is 7.05 Å². The highest BCUT2D eigenvalue weighted by molar-refractivity contribution is 7.90. The van der Waals surface area contributed by atoms with Gasteiger partial charge in [0.05, 0.1) is 26.7 Å². The number of benzene rings is 3. The molecule has 4 rings (SSSR count). The van der Waals surface area contributed by atoms with Gasteiger partial charge in [0, 0.05) is 24.2 Å². The van der Waals surface area contributed by atoms with Gasteiger partial charge >= 0.3 is 5.97 Å². The van der Waals surface area contributed by atoms with Gasteiger partial charge in [-0.1, -0.05) is 60.1 Å². The summed E-state index contributed by atoms with van der Waals surface area (Å²) in [6.07, 6.45) is 1.03. The predicted molar refractivity (Wildman–Crippen MR) is 128 cm³/mol. The molecular formula is C25H20ClNO5S. The number of aryl methyl sites for hydroxylation is 1. The maximum Gasteiger partial charge on any atom is 0.340 e. The number of para-hydroxylation sites is 1. The summed E-state index contributed by atoms with van der Waals surface area (Å²) in [5.41, 5.74) is 2.77. The average Bonchev–Trinajstić information content (AvgIpc) is 3.10. The van der Waals surface area contributed by atoms with Crippen LogP contribution in [-0.2, 0) is 21.6 Å². The third-order valence-electron chi connectivity index (χ3n) is 5.35. The molecule has 0 unspecified atom stereocenters. The molecule has 0 fully saturated rings. The Labute approximate surface area is 196 Å². The minimum Gasteiger partial charge on any atom is -0.454 e. The number of hydrogen-bond acceptors (Lipinski definition) is 5. The second kappa shape index (κ2) is 8.84. The molecule has 8 heteroatoms. The summed E-state index contributed by atoms with van der Waals surface area (Å²) in [6, 6.07) is 20.8. The minimum absolute atomic E-state index is 0.0370. The van der Waals surface area contributed by atoms with Gasteiger partial charge in [0.2, 0.25) is 5.78 Å². The van der Waals surface area contributed by atoms with E-state index in [-0.39, 0.29) is 21.3 Å². The van der Waals surface area contributed by atoms with Crippen LogP contribution in [-0.4, -0.2) is 37.6 Å².